The predicted molar refractivity (Wildman–Crippen MR) is 118 cm³/mol. The number of aromatic nitrogens is 3. The molecule has 0 saturated heterocycles. The van der Waals surface area contributed by atoms with Crippen molar-refractivity contribution in [1.29, 1.82) is 0 Å². The number of hydrogen-bond acceptors (Lipinski definition) is 5. The van der Waals surface area contributed by atoms with Crippen LogP contribution in [0.25, 0.3) is 22.5 Å². The molecule has 31 heavy (non-hydrogen) atoms. The van der Waals surface area contributed by atoms with Crippen molar-refractivity contribution in [3.05, 3.63) is 114 Å². The Kier molecular flexibility index (Phi) is 5.15. The lowest BCUT2D eigenvalue weighted by Gasteiger charge is -2.04. The minimum absolute atomic E-state index is 0.479. The standard InChI is InChI=1S/C26H21N3O2/c1-18-23(17-25-28-27-24(30-25)16-19-8-4-2-5-9-19)26(31-29-18)22-14-12-21(13-15-22)20-10-6-3-7-11-20/h2-15H,16-17H2,1H3. The molecule has 152 valence electrons. The van der Waals surface area contributed by atoms with E-state index in [1.807, 2.05) is 55.5 Å². The molecule has 0 saturated carbocycles. The molecule has 0 fully saturated rings. The van der Waals surface area contributed by atoms with E-state index >= 15 is 0 Å². The van der Waals surface area contributed by atoms with E-state index in [1.165, 1.54) is 5.56 Å². The maximum absolute atomic E-state index is 5.89. The zero-order valence-electron chi connectivity index (χ0n) is 17.2. The maximum atomic E-state index is 5.89. The molecule has 0 spiro atoms. The Morgan fingerprint density at radius 2 is 1.23 bits per heavy atom. The Hall–Kier alpha value is -3.99. The summed E-state index contributed by atoms with van der Waals surface area (Å²) in [5.74, 6) is 1.89. The van der Waals surface area contributed by atoms with Crippen LogP contribution in [0.1, 0.15) is 28.6 Å². The van der Waals surface area contributed by atoms with Crippen LogP contribution < -0.4 is 0 Å². The zero-order valence-corrected chi connectivity index (χ0v) is 17.2. The molecule has 0 aliphatic rings. The van der Waals surface area contributed by atoms with Gasteiger partial charge in [0.05, 0.1) is 18.5 Å². The molecule has 0 aliphatic carbocycles. The normalized spacial score (nSPS) is 11.0. The molecule has 5 aromatic rings. The summed E-state index contributed by atoms with van der Waals surface area (Å²) in [5.41, 5.74) is 6.23. The lowest BCUT2D eigenvalue weighted by molar-refractivity contribution is 0.426. The molecule has 0 bridgehead atoms. The van der Waals surface area contributed by atoms with Crippen LogP contribution in [0.15, 0.2) is 93.9 Å². The highest BCUT2D eigenvalue weighted by atomic mass is 16.5. The quantitative estimate of drug-likeness (QED) is 0.352. The fourth-order valence-electron chi connectivity index (χ4n) is 3.62. The van der Waals surface area contributed by atoms with Gasteiger partial charge in [-0.25, -0.2) is 0 Å². The van der Waals surface area contributed by atoms with Gasteiger partial charge in [0, 0.05) is 11.1 Å². The maximum Gasteiger partial charge on any atom is 0.221 e. The van der Waals surface area contributed by atoms with Gasteiger partial charge in [-0.15, -0.1) is 10.2 Å². The van der Waals surface area contributed by atoms with Crippen molar-refractivity contribution in [1.82, 2.24) is 15.4 Å². The molecule has 0 atom stereocenters. The van der Waals surface area contributed by atoms with E-state index in [2.05, 4.69) is 51.8 Å². The van der Waals surface area contributed by atoms with Crippen LogP contribution in [0.3, 0.4) is 0 Å². The van der Waals surface area contributed by atoms with E-state index < -0.39 is 0 Å². The second-order valence-corrected chi connectivity index (χ2v) is 7.45. The summed E-state index contributed by atoms with van der Waals surface area (Å²) in [5, 5.41) is 12.6. The third-order valence-corrected chi connectivity index (χ3v) is 5.27. The largest absolute Gasteiger partial charge is 0.425 e. The second kappa shape index (κ2) is 8.40. The Balaban J connectivity index is 1.37. The second-order valence-electron chi connectivity index (χ2n) is 7.45. The first-order chi connectivity index (χ1) is 15.3. The molecule has 0 N–H and O–H groups in total. The highest BCUT2D eigenvalue weighted by molar-refractivity contribution is 5.69. The molecule has 3 aromatic carbocycles. The summed E-state index contributed by atoms with van der Waals surface area (Å²) in [4.78, 5) is 0. The topological polar surface area (TPSA) is 65.0 Å². The SMILES string of the molecule is Cc1noc(-c2ccc(-c3ccccc3)cc2)c1Cc1nnc(Cc2ccccc2)o1. The van der Waals surface area contributed by atoms with E-state index in [-0.39, 0.29) is 0 Å². The number of rotatable bonds is 6. The average molecular weight is 407 g/mol. The summed E-state index contributed by atoms with van der Waals surface area (Å²) in [6.45, 7) is 1.93. The van der Waals surface area contributed by atoms with Crippen molar-refractivity contribution < 1.29 is 8.94 Å². The van der Waals surface area contributed by atoms with Gasteiger partial charge >= 0.3 is 0 Å². The molecule has 0 aliphatic heterocycles. The molecule has 0 radical (unpaired) electrons. The fraction of sp³-hybridized carbons (Fsp3) is 0.115. The van der Waals surface area contributed by atoms with Crippen molar-refractivity contribution >= 4 is 0 Å². The summed E-state index contributed by atoms with van der Waals surface area (Å²) in [7, 11) is 0. The highest BCUT2D eigenvalue weighted by Crippen LogP contribution is 2.30. The van der Waals surface area contributed by atoms with Crippen LogP contribution in [0, 0.1) is 6.92 Å². The number of aryl methyl sites for hydroxylation is 1. The Morgan fingerprint density at radius 1 is 0.645 bits per heavy atom. The van der Waals surface area contributed by atoms with E-state index in [9.17, 15) is 0 Å². The van der Waals surface area contributed by atoms with Crippen LogP contribution in [0.5, 0.6) is 0 Å². The first-order valence-electron chi connectivity index (χ1n) is 10.2. The Bertz CT molecular complexity index is 1270. The van der Waals surface area contributed by atoms with Crippen molar-refractivity contribution in [2.75, 3.05) is 0 Å². The molecule has 5 nitrogen and oxygen atoms in total. The van der Waals surface area contributed by atoms with Gasteiger partial charge in [-0.2, -0.15) is 0 Å². The molecule has 5 rings (SSSR count). The van der Waals surface area contributed by atoms with Crippen LogP contribution in [-0.2, 0) is 12.8 Å². The van der Waals surface area contributed by atoms with E-state index in [0.29, 0.717) is 24.6 Å². The molecule has 2 heterocycles. The van der Waals surface area contributed by atoms with Gasteiger partial charge in [0.25, 0.3) is 0 Å². The molecule has 0 unspecified atom stereocenters. The Labute approximate surface area is 180 Å². The molecular formula is C26H21N3O2. The molecular weight excluding hydrogens is 386 g/mol. The van der Waals surface area contributed by atoms with Crippen molar-refractivity contribution in [2.45, 2.75) is 19.8 Å². The number of nitrogens with zero attached hydrogens (tertiary/aromatic N) is 3. The van der Waals surface area contributed by atoms with Gasteiger partial charge in [-0.05, 0) is 23.6 Å². The average Bonchev–Trinajstić information content (AvgIpc) is 3.42. The third kappa shape index (κ3) is 4.16. The van der Waals surface area contributed by atoms with Crippen molar-refractivity contribution in [3.8, 4) is 22.5 Å². The van der Waals surface area contributed by atoms with Crippen LogP contribution in [-0.4, -0.2) is 15.4 Å². The lowest BCUT2D eigenvalue weighted by Crippen LogP contribution is -1.92. The number of benzene rings is 3. The van der Waals surface area contributed by atoms with Gasteiger partial charge < -0.3 is 8.94 Å². The number of hydrogen-bond donors (Lipinski definition) is 0. The van der Waals surface area contributed by atoms with Crippen molar-refractivity contribution in [2.24, 2.45) is 0 Å². The van der Waals surface area contributed by atoms with Gasteiger partial charge in [0.2, 0.25) is 11.8 Å². The van der Waals surface area contributed by atoms with Crippen LogP contribution in [0.2, 0.25) is 0 Å². The monoisotopic (exact) mass is 407 g/mol. The first-order valence-corrected chi connectivity index (χ1v) is 10.2. The third-order valence-electron chi connectivity index (χ3n) is 5.27. The minimum atomic E-state index is 0.479. The lowest BCUT2D eigenvalue weighted by atomic mass is 10.0. The molecule has 2 aromatic heterocycles. The van der Waals surface area contributed by atoms with E-state index in [0.717, 1.165) is 33.7 Å². The fourth-order valence-corrected chi connectivity index (χ4v) is 3.62. The van der Waals surface area contributed by atoms with E-state index in [4.69, 9.17) is 8.94 Å². The summed E-state index contributed by atoms with van der Waals surface area (Å²) < 4.78 is 11.6. The summed E-state index contributed by atoms with van der Waals surface area (Å²) in [6, 6.07) is 28.7. The minimum Gasteiger partial charge on any atom is -0.425 e. The predicted octanol–water partition coefficient (Wildman–Crippen LogP) is 5.88. The van der Waals surface area contributed by atoms with Crippen LogP contribution in [0.4, 0.5) is 0 Å². The molecule has 5 heteroatoms. The summed E-state index contributed by atoms with van der Waals surface area (Å²) >= 11 is 0. The van der Waals surface area contributed by atoms with Gasteiger partial charge in [-0.3, -0.25) is 0 Å². The van der Waals surface area contributed by atoms with Crippen molar-refractivity contribution in [3.63, 3.8) is 0 Å². The first kappa shape index (κ1) is 19.0. The highest BCUT2D eigenvalue weighted by Gasteiger charge is 2.18. The Morgan fingerprint density at radius 3 is 1.94 bits per heavy atom. The van der Waals surface area contributed by atoms with Gasteiger partial charge in [-0.1, -0.05) is 90.1 Å². The smallest absolute Gasteiger partial charge is 0.221 e. The van der Waals surface area contributed by atoms with Gasteiger partial charge in [0.1, 0.15) is 0 Å². The summed E-state index contributed by atoms with van der Waals surface area (Å²) in [6.07, 6.45) is 1.09. The van der Waals surface area contributed by atoms with Gasteiger partial charge in [0.15, 0.2) is 5.76 Å². The van der Waals surface area contributed by atoms with Crippen LogP contribution >= 0.6 is 0 Å². The zero-order chi connectivity index (χ0) is 21.0. The van der Waals surface area contributed by atoms with E-state index in [1.54, 1.807) is 0 Å². The molecule has 0 amide bonds.